The van der Waals surface area contributed by atoms with E-state index in [1.54, 1.807) is 6.07 Å². The third-order valence-corrected chi connectivity index (χ3v) is 7.80. The van der Waals surface area contributed by atoms with E-state index < -0.39 is 11.7 Å². The van der Waals surface area contributed by atoms with Crippen LogP contribution in [0.15, 0.2) is 54.7 Å². The molecule has 5 rings (SSSR count). The second-order valence-electron chi connectivity index (χ2n) is 11.7. The van der Waals surface area contributed by atoms with E-state index >= 15 is 0 Å². The standard InChI is InChI=1S/C33H41FN6O4/c1-23(2)37-31(41)22-39-10-8-38(9-11-39)20-24-6-7-29(26(16-24)21-40-12-14-43-15-13-40)25-4-3-5-28(17-25)44-33-30(32(35)42)18-27(34)19-36-33/h3-7,16-19,23H,8-15,20-22H2,1-2H3,(H2,35,42)(H,37,41). The predicted octanol–water partition coefficient (Wildman–Crippen LogP) is 3.25. The van der Waals surface area contributed by atoms with Crippen LogP contribution >= 0.6 is 0 Å². The average Bonchev–Trinajstić information content (AvgIpc) is 2.99. The molecular weight excluding hydrogens is 563 g/mol. The third kappa shape index (κ3) is 8.60. The molecule has 0 atom stereocenters. The van der Waals surface area contributed by atoms with Crippen molar-refractivity contribution < 1.29 is 23.5 Å². The van der Waals surface area contributed by atoms with Gasteiger partial charge in [0.2, 0.25) is 11.8 Å². The largest absolute Gasteiger partial charge is 0.438 e. The summed E-state index contributed by atoms with van der Waals surface area (Å²) in [4.78, 5) is 35.0. The van der Waals surface area contributed by atoms with Crippen molar-refractivity contribution in [3.8, 4) is 22.8 Å². The molecule has 11 heteroatoms. The number of amides is 2. The molecule has 2 aliphatic rings. The second-order valence-corrected chi connectivity index (χ2v) is 11.7. The van der Waals surface area contributed by atoms with Crippen LogP contribution in [0.4, 0.5) is 4.39 Å². The highest BCUT2D eigenvalue weighted by Gasteiger charge is 2.21. The van der Waals surface area contributed by atoms with Gasteiger partial charge in [0.15, 0.2) is 0 Å². The van der Waals surface area contributed by atoms with Gasteiger partial charge in [-0.2, -0.15) is 0 Å². The number of hydrogen-bond acceptors (Lipinski definition) is 8. The molecule has 2 aromatic carbocycles. The van der Waals surface area contributed by atoms with Gasteiger partial charge in [0.1, 0.15) is 17.1 Å². The van der Waals surface area contributed by atoms with Crippen molar-refractivity contribution in [3.63, 3.8) is 0 Å². The van der Waals surface area contributed by atoms with Crippen LogP contribution < -0.4 is 15.8 Å². The second kappa shape index (κ2) is 14.7. The van der Waals surface area contributed by atoms with Gasteiger partial charge in [0.25, 0.3) is 5.91 Å². The fourth-order valence-electron chi connectivity index (χ4n) is 5.62. The number of pyridine rings is 1. The summed E-state index contributed by atoms with van der Waals surface area (Å²) in [5.74, 6) is -0.979. The van der Waals surface area contributed by atoms with Crippen LogP contribution in [0.3, 0.4) is 0 Å². The van der Waals surface area contributed by atoms with Gasteiger partial charge in [-0.15, -0.1) is 0 Å². The maximum atomic E-state index is 13.7. The van der Waals surface area contributed by atoms with Crippen LogP contribution in [0.5, 0.6) is 11.6 Å². The Kier molecular flexibility index (Phi) is 10.5. The molecule has 2 aliphatic heterocycles. The van der Waals surface area contributed by atoms with Crippen molar-refractivity contribution in [2.75, 3.05) is 59.0 Å². The molecule has 234 valence electrons. The number of benzene rings is 2. The number of nitrogens with two attached hydrogens (primary N) is 1. The first-order valence-electron chi connectivity index (χ1n) is 15.1. The van der Waals surface area contributed by atoms with Crippen molar-refractivity contribution in [1.29, 1.82) is 0 Å². The molecule has 0 bridgehead atoms. The summed E-state index contributed by atoms with van der Waals surface area (Å²) in [6, 6.07) is 15.3. The molecular formula is C33H41FN6O4. The third-order valence-electron chi connectivity index (χ3n) is 7.80. The van der Waals surface area contributed by atoms with Gasteiger partial charge in [-0.25, -0.2) is 9.37 Å². The lowest BCUT2D eigenvalue weighted by atomic mass is 9.96. The van der Waals surface area contributed by atoms with Crippen LogP contribution in [-0.2, 0) is 22.6 Å². The number of aromatic nitrogens is 1. The van der Waals surface area contributed by atoms with Crippen LogP contribution in [0.25, 0.3) is 11.1 Å². The summed E-state index contributed by atoms with van der Waals surface area (Å²) in [6.07, 6.45) is 0.994. The van der Waals surface area contributed by atoms with E-state index in [2.05, 4.69) is 43.2 Å². The van der Waals surface area contributed by atoms with Crippen molar-refractivity contribution in [3.05, 3.63) is 77.2 Å². The van der Waals surface area contributed by atoms with E-state index in [0.717, 1.165) is 75.7 Å². The first-order chi connectivity index (χ1) is 21.2. The van der Waals surface area contributed by atoms with E-state index in [4.69, 9.17) is 15.2 Å². The summed E-state index contributed by atoms with van der Waals surface area (Å²) in [5, 5.41) is 2.97. The van der Waals surface area contributed by atoms with Crippen LogP contribution in [-0.4, -0.2) is 96.6 Å². The quantitative estimate of drug-likeness (QED) is 0.343. The topological polar surface area (TPSA) is 113 Å². The number of ether oxygens (including phenoxy) is 2. The molecule has 44 heavy (non-hydrogen) atoms. The van der Waals surface area contributed by atoms with Gasteiger partial charge in [0, 0.05) is 58.4 Å². The van der Waals surface area contributed by atoms with Gasteiger partial charge in [-0.05, 0) is 54.3 Å². The zero-order valence-corrected chi connectivity index (χ0v) is 25.4. The van der Waals surface area contributed by atoms with Gasteiger partial charge in [-0.1, -0.05) is 30.3 Å². The Balaban J connectivity index is 1.32. The highest BCUT2D eigenvalue weighted by molar-refractivity contribution is 5.95. The Bertz CT molecular complexity index is 1450. The molecule has 2 saturated heterocycles. The summed E-state index contributed by atoms with van der Waals surface area (Å²) >= 11 is 0. The molecule has 0 radical (unpaired) electrons. The van der Waals surface area contributed by atoms with Crippen molar-refractivity contribution >= 4 is 11.8 Å². The van der Waals surface area contributed by atoms with Gasteiger partial charge in [-0.3, -0.25) is 24.3 Å². The average molecular weight is 605 g/mol. The fourth-order valence-corrected chi connectivity index (χ4v) is 5.62. The molecule has 2 fully saturated rings. The van der Waals surface area contributed by atoms with E-state index in [1.165, 1.54) is 11.1 Å². The number of nitrogens with one attached hydrogen (secondary N) is 1. The Morgan fingerprint density at radius 1 is 0.977 bits per heavy atom. The number of morpholine rings is 1. The number of primary amides is 1. The lowest BCUT2D eigenvalue weighted by molar-refractivity contribution is -0.123. The number of nitrogens with zero attached hydrogens (tertiary/aromatic N) is 4. The van der Waals surface area contributed by atoms with Crippen LogP contribution in [0, 0.1) is 5.82 Å². The first-order valence-corrected chi connectivity index (χ1v) is 15.1. The summed E-state index contributed by atoms with van der Waals surface area (Å²) in [5.41, 5.74) is 9.77. The van der Waals surface area contributed by atoms with Gasteiger partial charge < -0.3 is 20.5 Å². The summed E-state index contributed by atoms with van der Waals surface area (Å²) in [6.45, 7) is 12.7. The number of halogens is 1. The first kappa shape index (κ1) is 31.5. The number of carbonyl (C=O) groups is 2. The summed E-state index contributed by atoms with van der Waals surface area (Å²) < 4.78 is 25.2. The van der Waals surface area contributed by atoms with E-state index in [0.29, 0.717) is 25.5 Å². The minimum atomic E-state index is -0.815. The molecule has 0 spiro atoms. The zero-order valence-electron chi connectivity index (χ0n) is 25.4. The SMILES string of the molecule is CC(C)NC(=O)CN1CCN(Cc2ccc(-c3cccc(Oc4ncc(F)cc4C(N)=O)c3)c(CN3CCOCC3)c2)CC1. The van der Waals surface area contributed by atoms with Gasteiger partial charge in [0.05, 0.1) is 26.0 Å². The summed E-state index contributed by atoms with van der Waals surface area (Å²) in [7, 11) is 0. The van der Waals surface area contributed by atoms with Gasteiger partial charge >= 0.3 is 0 Å². The molecule has 0 aliphatic carbocycles. The highest BCUT2D eigenvalue weighted by atomic mass is 19.1. The zero-order chi connectivity index (χ0) is 31.1. The fraction of sp³-hybridized carbons (Fsp3) is 0.424. The molecule has 0 saturated carbocycles. The Morgan fingerprint density at radius 3 is 2.43 bits per heavy atom. The maximum Gasteiger partial charge on any atom is 0.254 e. The predicted molar refractivity (Wildman–Crippen MR) is 166 cm³/mol. The Labute approximate surface area is 257 Å². The van der Waals surface area contributed by atoms with Crippen LogP contribution in [0.1, 0.15) is 35.3 Å². The van der Waals surface area contributed by atoms with E-state index in [-0.39, 0.29) is 23.4 Å². The minimum Gasteiger partial charge on any atom is -0.438 e. The Hall–Kier alpha value is -3.90. The highest BCUT2D eigenvalue weighted by Crippen LogP contribution is 2.32. The van der Waals surface area contributed by atoms with E-state index in [1.807, 2.05) is 32.0 Å². The number of rotatable bonds is 11. The molecule has 3 N–H and O–H groups in total. The molecule has 10 nitrogen and oxygen atoms in total. The molecule has 3 heterocycles. The smallest absolute Gasteiger partial charge is 0.254 e. The lowest BCUT2D eigenvalue weighted by Crippen LogP contribution is -2.49. The van der Waals surface area contributed by atoms with Crippen molar-refractivity contribution in [2.24, 2.45) is 5.73 Å². The Morgan fingerprint density at radius 2 is 1.70 bits per heavy atom. The molecule has 3 aromatic rings. The molecule has 0 unspecified atom stereocenters. The van der Waals surface area contributed by atoms with Crippen molar-refractivity contribution in [2.45, 2.75) is 33.0 Å². The monoisotopic (exact) mass is 604 g/mol. The number of piperazine rings is 1. The van der Waals surface area contributed by atoms with Crippen molar-refractivity contribution in [1.82, 2.24) is 25.0 Å². The maximum absolute atomic E-state index is 13.7. The van der Waals surface area contributed by atoms with E-state index in [9.17, 15) is 14.0 Å². The minimum absolute atomic E-state index is 0.0411. The normalized spacial score (nSPS) is 16.6. The number of carbonyl (C=O) groups excluding carboxylic acids is 2. The number of hydrogen-bond donors (Lipinski definition) is 2. The molecule has 2 amide bonds. The van der Waals surface area contributed by atoms with Crippen LogP contribution in [0.2, 0.25) is 0 Å². The molecule has 1 aromatic heterocycles. The lowest BCUT2D eigenvalue weighted by Gasteiger charge is -2.34.